The lowest BCUT2D eigenvalue weighted by Crippen LogP contribution is -2.45. The Kier molecular flexibility index (Phi) is 9.11. The van der Waals surface area contributed by atoms with Crippen LogP contribution in [0.5, 0.6) is 5.75 Å². The molecule has 0 radical (unpaired) electrons. The van der Waals surface area contributed by atoms with Gasteiger partial charge in [-0.2, -0.15) is 0 Å². The second kappa shape index (κ2) is 12.2. The van der Waals surface area contributed by atoms with Crippen LogP contribution in [0.2, 0.25) is 0 Å². The number of para-hydroxylation sites is 1. The van der Waals surface area contributed by atoms with Crippen molar-refractivity contribution in [3.8, 4) is 5.75 Å². The summed E-state index contributed by atoms with van der Waals surface area (Å²) in [6.07, 6.45) is 2.31. The predicted octanol–water partition coefficient (Wildman–Crippen LogP) is 3.78. The van der Waals surface area contributed by atoms with E-state index >= 15 is 0 Å². The molecule has 32 heavy (non-hydrogen) atoms. The molecule has 0 aliphatic carbocycles. The van der Waals surface area contributed by atoms with Crippen LogP contribution >= 0.6 is 0 Å². The molecule has 0 spiro atoms. The van der Waals surface area contributed by atoms with E-state index in [9.17, 15) is 9.59 Å². The van der Waals surface area contributed by atoms with Crippen LogP contribution in [0.4, 0.5) is 0 Å². The Bertz CT molecular complexity index is 868. The zero-order valence-corrected chi connectivity index (χ0v) is 19.3. The van der Waals surface area contributed by atoms with Crippen molar-refractivity contribution in [1.82, 2.24) is 15.1 Å². The van der Waals surface area contributed by atoms with Crippen LogP contribution in [0.3, 0.4) is 0 Å². The normalized spacial score (nSPS) is 15.0. The number of ether oxygens (including phenoxy) is 1. The number of nitrogens with zero attached hydrogens (tertiary/aromatic N) is 2. The number of rotatable bonds is 11. The second-order valence-electron chi connectivity index (χ2n) is 8.06. The summed E-state index contributed by atoms with van der Waals surface area (Å²) in [5.41, 5.74) is 1.76. The maximum atomic E-state index is 13.3. The molecule has 1 N–H and O–H groups in total. The van der Waals surface area contributed by atoms with Crippen LogP contribution in [-0.4, -0.2) is 54.4 Å². The lowest BCUT2D eigenvalue weighted by atomic mass is 10.0. The Labute approximate surface area is 191 Å². The van der Waals surface area contributed by atoms with Gasteiger partial charge in [0.05, 0.1) is 0 Å². The van der Waals surface area contributed by atoms with Crippen LogP contribution < -0.4 is 10.1 Å². The minimum absolute atomic E-state index is 0.0420. The molecular weight excluding hydrogens is 402 g/mol. The van der Waals surface area contributed by atoms with E-state index in [1.165, 1.54) is 0 Å². The van der Waals surface area contributed by atoms with Crippen LogP contribution in [0.1, 0.15) is 50.3 Å². The van der Waals surface area contributed by atoms with Crippen molar-refractivity contribution in [3.63, 3.8) is 0 Å². The number of benzene rings is 2. The van der Waals surface area contributed by atoms with E-state index in [0.29, 0.717) is 26.1 Å². The van der Waals surface area contributed by atoms with Crippen molar-refractivity contribution >= 4 is 11.8 Å². The summed E-state index contributed by atoms with van der Waals surface area (Å²) in [6.45, 7) is 8.69. The number of likely N-dealkylation sites (tertiary alicyclic amines) is 1. The SMILES string of the molecule is CCN(CC)CCOc1ccccc1CNC(=O)C(c1ccccc1)N1CCCCC1=O. The quantitative estimate of drug-likeness (QED) is 0.581. The lowest BCUT2D eigenvalue weighted by molar-refractivity contribution is -0.142. The number of likely N-dealkylation sites (N-methyl/N-ethyl adjacent to an activating group) is 1. The van der Waals surface area contributed by atoms with E-state index in [1.54, 1.807) is 4.90 Å². The minimum atomic E-state index is -0.611. The number of carbonyl (C=O) groups excluding carboxylic acids is 2. The number of hydrogen-bond acceptors (Lipinski definition) is 4. The zero-order chi connectivity index (χ0) is 22.8. The van der Waals surface area contributed by atoms with Gasteiger partial charge in [0.2, 0.25) is 11.8 Å². The molecule has 1 unspecified atom stereocenters. The molecule has 1 heterocycles. The predicted molar refractivity (Wildman–Crippen MR) is 126 cm³/mol. The third kappa shape index (κ3) is 6.33. The van der Waals surface area contributed by atoms with E-state index in [1.807, 2.05) is 54.6 Å². The highest BCUT2D eigenvalue weighted by Crippen LogP contribution is 2.26. The number of piperidine rings is 1. The van der Waals surface area contributed by atoms with Crippen LogP contribution in [0.15, 0.2) is 54.6 Å². The third-order valence-corrected chi connectivity index (χ3v) is 6.02. The third-order valence-electron chi connectivity index (χ3n) is 6.02. The first-order valence-corrected chi connectivity index (χ1v) is 11.7. The van der Waals surface area contributed by atoms with Gasteiger partial charge >= 0.3 is 0 Å². The van der Waals surface area contributed by atoms with Crippen LogP contribution in [0, 0.1) is 0 Å². The summed E-state index contributed by atoms with van der Waals surface area (Å²) in [7, 11) is 0. The number of carbonyl (C=O) groups is 2. The molecule has 6 heteroatoms. The fourth-order valence-corrected chi connectivity index (χ4v) is 4.10. The van der Waals surface area contributed by atoms with Crippen LogP contribution in [-0.2, 0) is 16.1 Å². The molecule has 0 bridgehead atoms. The van der Waals surface area contributed by atoms with E-state index < -0.39 is 6.04 Å². The molecule has 1 atom stereocenters. The van der Waals surface area contributed by atoms with Crippen molar-refractivity contribution < 1.29 is 14.3 Å². The van der Waals surface area contributed by atoms with Crippen LogP contribution in [0.25, 0.3) is 0 Å². The van der Waals surface area contributed by atoms with E-state index in [-0.39, 0.29) is 11.8 Å². The monoisotopic (exact) mass is 437 g/mol. The van der Waals surface area contributed by atoms with Crippen molar-refractivity contribution in [2.24, 2.45) is 0 Å². The smallest absolute Gasteiger partial charge is 0.247 e. The number of hydrogen-bond donors (Lipinski definition) is 1. The Hall–Kier alpha value is -2.86. The maximum absolute atomic E-state index is 13.3. The molecule has 1 fully saturated rings. The van der Waals surface area contributed by atoms with E-state index in [4.69, 9.17) is 4.74 Å². The first-order chi connectivity index (χ1) is 15.6. The van der Waals surface area contributed by atoms with E-state index in [2.05, 4.69) is 24.1 Å². The van der Waals surface area contributed by atoms with Gasteiger partial charge in [0.15, 0.2) is 0 Å². The summed E-state index contributed by atoms with van der Waals surface area (Å²) in [4.78, 5) is 29.9. The molecular formula is C26H35N3O3. The van der Waals surface area contributed by atoms with Crippen molar-refractivity contribution in [2.75, 3.05) is 32.8 Å². The van der Waals surface area contributed by atoms with Gasteiger partial charge < -0.3 is 19.9 Å². The summed E-state index contributed by atoms with van der Waals surface area (Å²) in [5, 5.41) is 3.05. The molecule has 1 saturated heterocycles. The first kappa shape index (κ1) is 23.8. The highest BCUT2D eigenvalue weighted by Gasteiger charge is 2.32. The molecule has 2 aromatic carbocycles. The largest absolute Gasteiger partial charge is 0.492 e. The Morgan fingerprint density at radius 3 is 2.50 bits per heavy atom. The molecule has 0 aromatic heterocycles. The first-order valence-electron chi connectivity index (χ1n) is 11.7. The standard InChI is InChI=1S/C26H35N3O3/c1-3-28(4-2)18-19-32-23-15-9-8-14-22(23)20-27-26(31)25(21-12-6-5-7-13-21)29-17-11-10-16-24(29)30/h5-9,12-15,25H,3-4,10-11,16-20H2,1-2H3,(H,27,31). The Morgan fingerprint density at radius 2 is 1.78 bits per heavy atom. The molecule has 6 nitrogen and oxygen atoms in total. The Morgan fingerprint density at radius 1 is 1.06 bits per heavy atom. The van der Waals surface area contributed by atoms with Gasteiger partial charge in [0.25, 0.3) is 0 Å². The molecule has 2 aromatic rings. The topological polar surface area (TPSA) is 61.9 Å². The lowest BCUT2D eigenvalue weighted by Gasteiger charge is -2.34. The molecule has 2 amide bonds. The summed E-state index contributed by atoms with van der Waals surface area (Å²) >= 11 is 0. The fraction of sp³-hybridized carbons (Fsp3) is 0.462. The number of amides is 2. The van der Waals surface area contributed by atoms with Gasteiger partial charge in [0, 0.05) is 31.6 Å². The average molecular weight is 438 g/mol. The summed E-state index contributed by atoms with van der Waals surface area (Å²) in [5.74, 6) is 0.662. The maximum Gasteiger partial charge on any atom is 0.247 e. The molecule has 172 valence electrons. The van der Waals surface area contributed by atoms with Gasteiger partial charge in [-0.3, -0.25) is 9.59 Å². The number of nitrogens with one attached hydrogen (secondary N) is 1. The molecule has 1 aliphatic heterocycles. The molecule has 3 rings (SSSR count). The van der Waals surface area contributed by atoms with Gasteiger partial charge in [-0.1, -0.05) is 62.4 Å². The van der Waals surface area contributed by atoms with Crippen molar-refractivity contribution in [2.45, 2.75) is 45.7 Å². The van der Waals surface area contributed by atoms with Crippen molar-refractivity contribution in [3.05, 3.63) is 65.7 Å². The minimum Gasteiger partial charge on any atom is -0.492 e. The summed E-state index contributed by atoms with van der Waals surface area (Å²) < 4.78 is 6.02. The van der Waals surface area contributed by atoms with Crippen molar-refractivity contribution in [1.29, 1.82) is 0 Å². The van der Waals surface area contributed by atoms with Gasteiger partial charge in [-0.05, 0) is 37.6 Å². The average Bonchev–Trinajstić information content (AvgIpc) is 2.83. The second-order valence-corrected chi connectivity index (χ2v) is 8.06. The van der Waals surface area contributed by atoms with Gasteiger partial charge in [-0.15, -0.1) is 0 Å². The summed E-state index contributed by atoms with van der Waals surface area (Å²) in [6, 6.07) is 16.7. The Balaban J connectivity index is 1.68. The van der Waals surface area contributed by atoms with E-state index in [0.717, 1.165) is 49.4 Å². The van der Waals surface area contributed by atoms with Gasteiger partial charge in [0.1, 0.15) is 18.4 Å². The highest BCUT2D eigenvalue weighted by molar-refractivity contribution is 5.89. The molecule has 0 saturated carbocycles. The molecule has 1 aliphatic rings. The van der Waals surface area contributed by atoms with Gasteiger partial charge in [-0.25, -0.2) is 0 Å². The zero-order valence-electron chi connectivity index (χ0n) is 19.3. The fourth-order valence-electron chi connectivity index (χ4n) is 4.10. The highest BCUT2D eigenvalue weighted by atomic mass is 16.5.